The molecule has 0 radical (unpaired) electrons. The van der Waals surface area contributed by atoms with Crippen LogP contribution in [0.15, 0.2) is 28.7 Å². The number of hydrogen-bond acceptors (Lipinski definition) is 3. The molecule has 1 amide bonds. The Balaban J connectivity index is 1.90. The number of halogens is 1. The van der Waals surface area contributed by atoms with Crippen LogP contribution < -0.4 is 5.32 Å². The molecule has 4 nitrogen and oxygen atoms in total. The highest BCUT2D eigenvalue weighted by molar-refractivity contribution is 9.10. The van der Waals surface area contributed by atoms with Gasteiger partial charge in [-0.15, -0.1) is 0 Å². The zero-order chi connectivity index (χ0) is 14.5. The minimum absolute atomic E-state index is 0.175. The maximum absolute atomic E-state index is 12.3. The van der Waals surface area contributed by atoms with Crippen molar-refractivity contribution in [3.8, 4) is 0 Å². The highest BCUT2D eigenvalue weighted by Crippen LogP contribution is 2.17. The zero-order valence-corrected chi connectivity index (χ0v) is 13.7. The smallest absolute Gasteiger partial charge is 0.236 e. The monoisotopic (exact) mass is 339 g/mol. The fraction of sp³-hybridized carbons (Fsp3) is 0.533. The van der Waals surface area contributed by atoms with E-state index in [9.17, 15) is 4.79 Å². The number of nitrogens with one attached hydrogen (secondary N) is 1. The minimum Gasteiger partial charge on any atom is -0.340 e. The van der Waals surface area contributed by atoms with Crippen molar-refractivity contribution in [3.63, 3.8) is 0 Å². The molecule has 0 saturated carbocycles. The van der Waals surface area contributed by atoms with E-state index in [2.05, 4.69) is 33.1 Å². The third kappa shape index (κ3) is 4.04. The summed E-state index contributed by atoms with van der Waals surface area (Å²) in [5.41, 5.74) is 1.14. The summed E-state index contributed by atoms with van der Waals surface area (Å²) in [6, 6.07) is 8.45. The van der Waals surface area contributed by atoms with Gasteiger partial charge in [-0.1, -0.05) is 34.1 Å². The van der Waals surface area contributed by atoms with Crippen LogP contribution in [0.3, 0.4) is 0 Å². The van der Waals surface area contributed by atoms with Crippen LogP contribution in [0.5, 0.6) is 0 Å². The number of hydrogen-bond donors (Lipinski definition) is 1. The molecule has 1 aliphatic heterocycles. The molecule has 0 spiro atoms. The highest BCUT2D eigenvalue weighted by atomic mass is 79.9. The number of benzene rings is 1. The van der Waals surface area contributed by atoms with Crippen molar-refractivity contribution in [1.82, 2.24) is 15.1 Å². The fourth-order valence-electron chi connectivity index (χ4n) is 2.38. The van der Waals surface area contributed by atoms with Gasteiger partial charge in [0, 0.05) is 43.7 Å². The van der Waals surface area contributed by atoms with Crippen LogP contribution in [0, 0.1) is 0 Å². The van der Waals surface area contributed by atoms with Gasteiger partial charge in [-0.25, -0.2) is 0 Å². The van der Waals surface area contributed by atoms with Gasteiger partial charge in [0.25, 0.3) is 0 Å². The molecule has 20 heavy (non-hydrogen) atoms. The maximum atomic E-state index is 12.3. The molecule has 0 bridgehead atoms. The van der Waals surface area contributed by atoms with Crippen LogP contribution >= 0.6 is 15.9 Å². The second kappa shape index (κ2) is 7.20. The Hall–Kier alpha value is -0.910. The van der Waals surface area contributed by atoms with E-state index in [0.29, 0.717) is 19.1 Å². The van der Waals surface area contributed by atoms with Crippen LogP contribution in [-0.2, 0) is 11.3 Å². The fourth-order valence-corrected chi connectivity index (χ4v) is 2.79. The lowest BCUT2D eigenvalue weighted by Gasteiger charge is -2.34. The average molecular weight is 340 g/mol. The summed E-state index contributed by atoms with van der Waals surface area (Å²) in [6.07, 6.45) is 0. The molecule has 1 saturated heterocycles. The van der Waals surface area contributed by atoms with Crippen molar-refractivity contribution in [2.24, 2.45) is 0 Å². The van der Waals surface area contributed by atoms with Crippen LogP contribution in [-0.4, -0.2) is 55.0 Å². The molecule has 1 heterocycles. The highest BCUT2D eigenvalue weighted by Gasteiger charge is 2.22. The van der Waals surface area contributed by atoms with Crippen LogP contribution in [0.25, 0.3) is 0 Å². The lowest BCUT2D eigenvalue weighted by molar-refractivity contribution is -0.132. The van der Waals surface area contributed by atoms with E-state index in [1.54, 1.807) is 4.90 Å². The van der Waals surface area contributed by atoms with Gasteiger partial charge in [0.15, 0.2) is 0 Å². The third-order valence-corrected chi connectivity index (χ3v) is 4.54. The lowest BCUT2D eigenvalue weighted by atomic mass is 10.2. The summed E-state index contributed by atoms with van der Waals surface area (Å²) in [5.74, 6) is 0.175. The topological polar surface area (TPSA) is 35.6 Å². The van der Waals surface area contributed by atoms with Gasteiger partial charge in [-0.3, -0.25) is 9.69 Å². The van der Waals surface area contributed by atoms with Crippen LogP contribution in [0.1, 0.15) is 12.5 Å². The molecule has 0 aliphatic carbocycles. The zero-order valence-electron chi connectivity index (χ0n) is 12.1. The molecular weight excluding hydrogens is 318 g/mol. The second-order valence-corrected chi connectivity index (χ2v) is 6.22. The van der Waals surface area contributed by atoms with E-state index < -0.39 is 0 Å². The first-order chi connectivity index (χ1) is 9.58. The van der Waals surface area contributed by atoms with Crippen molar-refractivity contribution in [2.45, 2.75) is 19.5 Å². The molecule has 2 rings (SSSR count). The number of rotatable bonds is 4. The summed E-state index contributed by atoms with van der Waals surface area (Å²) in [4.78, 5) is 16.4. The van der Waals surface area contributed by atoms with Crippen molar-refractivity contribution in [1.29, 1.82) is 0 Å². The molecule has 1 aliphatic rings. The minimum atomic E-state index is 0.175. The molecule has 1 aromatic carbocycles. The van der Waals surface area contributed by atoms with Gasteiger partial charge >= 0.3 is 0 Å². The number of likely N-dealkylation sites (N-methyl/N-ethyl adjacent to an activating group) is 1. The van der Waals surface area contributed by atoms with Crippen molar-refractivity contribution >= 4 is 21.8 Å². The second-order valence-electron chi connectivity index (χ2n) is 5.36. The Morgan fingerprint density at radius 1 is 1.50 bits per heavy atom. The Morgan fingerprint density at radius 2 is 2.25 bits per heavy atom. The van der Waals surface area contributed by atoms with E-state index in [1.807, 2.05) is 31.3 Å². The van der Waals surface area contributed by atoms with E-state index in [1.165, 1.54) is 0 Å². The van der Waals surface area contributed by atoms with Gasteiger partial charge in [0.1, 0.15) is 0 Å². The Kier molecular flexibility index (Phi) is 5.57. The molecule has 110 valence electrons. The largest absolute Gasteiger partial charge is 0.340 e. The molecule has 1 unspecified atom stereocenters. The molecule has 5 heteroatoms. The summed E-state index contributed by atoms with van der Waals surface area (Å²) in [5, 5.41) is 3.34. The average Bonchev–Trinajstić information content (AvgIpc) is 2.43. The Morgan fingerprint density at radius 3 is 2.95 bits per heavy atom. The Bertz CT molecular complexity index is 466. The van der Waals surface area contributed by atoms with Gasteiger partial charge in [-0.05, 0) is 18.6 Å². The SMILES string of the molecule is CC1CNCCN1CC(=O)N(C)Cc1ccccc1Br. The quantitative estimate of drug-likeness (QED) is 0.906. The molecule has 0 aromatic heterocycles. The first-order valence-electron chi connectivity index (χ1n) is 7.00. The lowest BCUT2D eigenvalue weighted by Crippen LogP contribution is -2.52. The van der Waals surface area contributed by atoms with E-state index >= 15 is 0 Å². The first-order valence-corrected chi connectivity index (χ1v) is 7.79. The van der Waals surface area contributed by atoms with Gasteiger partial charge < -0.3 is 10.2 Å². The van der Waals surface area contributed by atoms with Gasteiger partial charge in [0.05, 0.1) is 6.54 Å². The van der Waals surface area contributed by atoms with Crippen molar-refractivity contribution < 1.29 is 4.79 Å². The van der Waals surface area contributed by atoms with Crippen molar-refractivity contribution in [3.05, 3.63) is 34.3 Å². The number of nitrogens with zero attached hydrogens (tertiary/aromatic N) is 2. The van der Waals surface area contributed by atoms with Crippen molar-refractivity contribution in [2.75, 3.05) is 33.2 Å². The molecular formula is C15H22BrN3O. The Labute approximate surface area is 129 Å². The number of amides is 1. The van der Waals surface area contributed by atoms with Gasteiger partial charge in [0.2, 0.25) is 5.91 Å². The standard InChI is InChI=1S/C15H22BrN3O/c1-12-9-17-7-8-19(12)11-15(20)18(2)10-13-5-3-4-6-14(13)16/h3-6,12,17H,7-11H2,1-2H3. The third-order valence-electron chi connectivity index (χ3n) is 3.77. The van der Waals surface area contributed by atoms with Crippen LogP contribution in [0.2, 0.25) is 0 Å². The first kappa shape index (κ1) is 15.5. The van der Waals surface area contributed by atoms with Crippen LogP contribution in [0.4, 0.5) is 0 Å². The van der Waals surface area contributed by atoms with E-state index in [-0.39, 0.29) is 5.91 Å². The summed E-state index contributed by atoms with van der Waals surface area (Å²) < 4.78 is 1.05. The summed E-state index contributed by atoms with van der Waals surface area (Å²) in [7, 11) is 1.87. The molecule has 1 fully saturated rings. The van der Waals surface area contributed by atoms with Gasteiger partial charge in [-0.2, -0.15) is 0 Å². The number of carbonyl (C=O) groups is 1. The summed E-state index contributed by atoms with van der Waals surface area (Å²) in [6.45, 7) is 6.17. The van der Waals surface area contributed by atoms with E-state index in [0.717, 1.165) is 29.7 Å². The number of piperazine rings is 1. The normalized spacial score (nSPS) is 19.9. The summed E-state index contributed by atoms with van der Waals surface area (Å²) >= 11 is 3.53. The molecule has 1 atom stereocenters. The number of carbonyl (C=O) groups excluding carboxylic acids is 1. The predicted molar refractivity (Wildman–Crippen MR) is 84.5 cm³/mol. The molecule has 1 N–H and O–H groups in total. The molecule has 1 aromatic rings. The maximum Gasteiger partial charge on any atom is 0.236 e. The predicted octanol–water partition coefficient (Wildman–Crippen LogP) is 1.70. The van der Waals surface area contributed by atoms with E-state index in [4.69, 9.17) is 0 Å².